The number of amides is 1. The number of aliphatic hydroxyl groups excluding tert-OH is 1. The Morgan fingerprint density at radius 1 is 1.05 bits per heavy atom. The molecule has 1 N–H and O–H groups in total. The Morgan fingerprint density at radius 3 is 2.38 bits per heavy atom. The molecule has 3 fully saturated rings. The summed E-state index contributed by atoms with van der Waals surface area (Å²) >= 11 is 0. The van der Waals surface area contributed by atoms with Gasteiger partial charge in [0.1, 0.15) is 0 Å². The number of likely N-dealkylation sites (tertiary alicyclic amines) is 1. The number of piperidine rings is 1. The van der Waals surface area contributed by atoms with E-state index in [1.54, 1.807) is 0 Å². The molecule has 3 aliphatic rings. The van der Waals surface area contributed by atoms with Crippen LogP contribution in [0.1, 0.15) is 45.1 Å². The van der Waals surface area contributed by atoms with Crippen LogP contribution in [0.5, 0.6) is 0 Å². The average Bonchev–Trinajstić information content (AvgIpc) is 3.44. The fourth-order valence-electron chi connectivity index (χ4n) is 6.97. The van der Waals surface area contributed by atoms with Gasteiger partial charge in [0.15, 0.2) is 0 Å². The molecular weight excluding hydrogens is 502 g/mol. The number of aliphatic hydroxyl groups is 1. The van der Waals surface area contributed by atoms with Crippen molar-refractivity contribution in [3.05, 3.63) is 54.4 Å². The van der Waals surface area contributed by atoms with Gasteiger partial charge in [0.05, 0.1) is 23.4 Å². The average molecular weight is 546 g/mol. The van der Waals surface area contributed by atoms with Gasteiger partial charge in [0.2, 0.25) is 5.91 Å². The van der Waals surface area contributed by atoms with Gasteiger partial charge < -0.3 is 19.6 Å². The highest BCUT2D eigenvalue weighted by Crippen LogP contribution is 2.38. The van der Waals surface area contributed by atoms with Gasteiger partial charge in [-0.25, -0.2) is 4.52 Å². The van der Waals surface area contributed by atoms with E-state index in [4.69, 9.17) is 4.74 Å². The second-order valence-electron chi connectivity index (χ2n) is 12.2. The first-order chi connectivity index (χ1) is 19.4. The van der Waals surface area contributed by atoms with Gasteiger partial charge in [-0.3, -0.25) is 9.69 Å². The van der Waals surface area contributed by atoms with Crippen LogP contribution in [-0.4, -0.2) is 89.5 Å². The first kappa shape index (κ1) is 27.2. The molecule has 1 amide bonds. The van der Waals surface area contributed by atoms with Crippen molar-refractivity contribution in [2.75, 3.05) is 57.9 Å². The van der Waals surface area contributed by atoms with E-state index >= 15 is 0 Å². The van der Waals surface area contributed by atoms with Crippen LogP contribution in [0.25, 0.3) is 16.6 Å². The SMILES string of the molecule is COC1(c2ccc(-c3cc4c(N5CCN(C(=O)[C@H]6C[C@H](C)C6)CC5)ccnn4c3)cc2)CCN([C@@H](C)CO)CC1. The minimum Gasteiger partial charge on any atom is -0.395 e. The Labute approximate surface area is 237 Å². The van der Waals surface area contributed by atoms with E-state index in [2.05, 4.69) is 76.2 Å². The number of piperazine rings is 1. The highest BCUT2D eigenvalue weighted by Gasteiger charge is 2.38. The number of carbonyl (C=O) groups is 1. The number of methoxy groups -OCH3 is 1. The molecule has 3 aromatic rings. The van der Waals surface area contributed by atoms with Gasteiger partial charge in [-0.05, 0) is 61.8 Å². The molecule has 8 nitrogen and oxygen atoms in total. The van der Waals surface area contributed by atoms with Crippen molar-refractivity contribution in [2.24, 2.45) is 11.8 Å². The number of carbonyl (C=O) groups excluding carboxylic acids is 1. The van der Waals surface area contributed by atoms with Crippen molar-refractivity contribution in [3.8, 4) is 11.1 Å². The Hall–Kier alpha value is -2.94. The summed E-state index contributed by atoms with van der Waals surface area (Å²) in [5.41, 5.74) is 5.48. The number of benzene rings is 1. The lowest BCUT2D eigenvalue weighted by atomic mass is 9.75. The standard InChI is InChI=1S/C32H43N5O3/c1-23-18-26(19-23)31(39)36-16-14-35(15-17-36)29-8-11-33-37-21-27(20-30(29)37)25-4-6-28(7-5-25)32(40-3)9-12-34(13-10-32)24(2)22-38/h4-8,11,20-21,23-24,26,38H,9-10,12-19,22H2,1-3H3/t23-,24-,26-/m0/s1. The third-order valence-corrected chi connectivity index (χ3v) is 9.77. The van der Waals surface area contributed by atoms with Gasteiger partial charge in [0.25, 0.3) is 0 Å². The maximum Gasteiger partial charge on any atom is 0.225 e. The van der Waals surface area contributed by atoms with E-state index in [0.717, 1.165) is 81.6 Å². The molecule has 1 atom stereocenters. The molecule has 40 heavy (non-hydrogen) atoms. The van der Waals surface area contributed by atoms with Crippen LogP contribution in [0.3, 0.4) is 0 Å². The molecule has 8 heteroatoms. The van der Waals surface area contributed by atoms with Gasteiger partial charge in [-0.15, -0.1) is 0 Å². The topological polar surface area (TPSA) is 73.5 Å². The fraction of sp³-hybridized carbons (Fsp3) is 0.562. The minimum atomic E-state index is -0.287. The second kappa shape index (κ2) is 11.1. The summed E-state index contributed by atoms with van der Waals surface area (Å²) < 4.78 is 8.09. The predicted molar refractivity (Wildman–Crippen MR) is 157 cm³/mol. The van der Waals surface area contributed by atoms with E-state index in [9.17, 15) is 9.90 Å². The van der Waals surface area contributed by atoms with E-state index in [-0.39, 0.29) is 24.2 Å². The van der Waals surface area contributed by atoms with Crippen LogP contribution in [0.4, 0.5) is 5.69 Å². The molecule has 214 valence electrons. The van der Waals surface area contributed by atoms with Gasteiger partial charge in [-0.1, -0.05) is 31.2 Å². The Morgan fingerprint density at radius 2 is 1.75 bits per heavy atom. The zero-order valence-corrected chi connectivity index (χ0v) is 24.1. The lowest BCUT2D eigenvalue weighted by Crippen LogP contribution is -2.52. The number of aromatic nitrogens is 2. The van der Waals surface area contributed by atoms with Gasteiger partial charge >= 0.3 is 0 Å². The maximum absolute atomic E-state index is 12.8. The monoisotopic (exact) mass is 545 g/mol. The van der Waals surface area contributed by atoms with Crippen molar-refractivity contribution >= 4 is 17.1 Å². The van der Waals surface area contributed by atoms with Gasteiger partial charge in [-0.2, -0.15) is 5.10 Å². The first-order valence-electron chi connectivity index (χ1n) is 14.9. The van der Waals surface area contributed by atoms with Crippen LogP contribution < -0.4 is 4.90 Å². The third-order valence-electron chi connectivity index (χ3n) is 9.77. The van der Waals surface area contributed by atoms with Crippen LogP contribution >= 0.6 is 0 Å². The van der Waals surface area contributed by atoms with Crippen molar-refractivity contribution in [2.45, 2.75) is 51.2 Å². The number of fused-ring (bicyclic) bond motifs is 1. The Kier molecular flexibility index (Phi) is 7.59. The summed E-state index contributed by atoms with van der Waals surface area (Å²) in [7, 11) is 1.82. The molecule has 0 spiro atoms. The van der Waals surface area contributed by atoms with Gasteiger partial charge in [0, 0.05) is 76.3 Å². The molecule has 1 aromatic carbocycles. The molecule has 6 rings (SSSR count). The van der Waals surface area contributed by atoms with E-state index in [0.29, 0.717) is 11.8 Å². The summed E-state index contributed by atoms with van der Waals surface area (Å²) in [6.45, 7) is 9.58. The van der Waals surface area contributed by atoms with Crippen LogP contribution in [0, 0.1) is 11.8 Å². The summed E-state index contributed by atoms with van der Waals surface area (Å²) in [6, 6.07) is 13.3. The Bertz CT molecular complexity index is 1320. The molecule has 1 saturated carbocycles. The molecule has 4 heterocycles. The van der Waals surface area contributed by atoms with E-state index in [1.807, 2.05) is 17.8 Å². The molecule has 0 unspecified atom stereocenters. The third kappa shape index (κ3) is 5.01. The summed E-state index contributed by atoms with van der Waals surface area (Å²) in [5.74, 6) is 1.29. The van der Waals surface area contributed by atoms with Crippen molar-refractivity contribution in [1.82, 2.24) is 19.4 Å². The molecule has 1 aliphatic carbocycles. The van der Waals surface area contributed by atoms with Crippen molar-refractivity contribution < 1.29 is 14.6 Å². The molecule has 0 radical (unpaired) electrons. The largest absolute Gasteiger partial charge is 0.395 e. The second-order valence-corrected chi connectivity index (χ2v) is 12.2. The summed E-state index contributed by atoms with van der Waals surface area (Å²) in [4.78, 5) is 19.6. The van der Waals surface area contributed by atoms with Crippen molar-refractivity contribution in [1.29, 1.82) is 0 Å². The highest BCUT2D eigenvalue weighted by atomic mass is 16.5. The maximum atomic E-state index is 12.8. The molecule has 2 saturated heterocycles. The number of anilines is 1. The lowest BCUT2D eigenvalue weighted by molar-refractivity contribution is -0.140. The number of hydrogen-bond acceptors (Lipinski definition) is 6. The van der Waals surface area contributed by atoms with Crippen LogP contribution in [0.2, 0.25) is 0 Å². The molecular formula is C32H43N5O3. The highest BCUT2D eigenvalue weighted by molar-refractivity contribution is 5.82. The fourth-order valence-corrected chi connectivity index (χ4v) is 6.97. The Balaban J connectivity index is 1.16. The van der Waals surface area contributed by atoms with E-state index < -0.39 is 0 Å². The number of hydrogen-bond donors (Lipinski definition) is 1. The predicted octanol–water partition coefficient (Wildman–Crippen LogP) is 4.01. The summed E-state index contributed by atoms with van der Waals surface area (Å²) in [5, 5.41) is 14.1. The lowest BCUT2D eigenvalue weighted by Gasteiger charge is -2.43. The van der Waals surface area contributed by atoms with Crippen LogP contribution in [-0.2, 0) is 15.1 Å². The molecule has 0 bridgehead atoms. The van der Waals surface area contributed by atoms with Crippen LogP contribution in [0.15, 0.2) is 48.8 Å². The molecule has 2 aliphatic heterocycles. The molecule has 2 aromatic heterocycles. The zero-order valence-electron chi connectivity index (χ0n) is 24.1. The van der Waals surface area contributed by atoms with Crippen molar-refractivity contribution in [3.63, 3.8) is 0 Å². The number of nitrogens with zero attached hydrogens (tertiary/aromatic N) is 5. The first-order valence-corrected chi connectivity index (χ1v) is 14.9. The smallest absolute Gasteiger partial charge is 0.225 e. The zero-order chi connectivity index (χ0) is 27.9. The normalized spacial score (nSPS) is 24.2. The van der Waals surface area contributed by atoms with E-state index in [1.165, 1.54) is 11.3 Å². The summed E-state index contributed by atoms with van der Waals surface area (Å²) in [6.07, 6.45) is 7.89. The number of rotatable bonds is 7. The quantitative estimate of drug-likeness (QED) is 0.484. The number of ether oxygens (including phenoxy) is 1. The minimum absolute atomic E-state index is 0.183.